The Labute approximate surface area is 322 Å². The molecule has 4 heteroatoms. The Morgan fingerprint density at radius 2 is 0.964 bits per heavy atom. The number of nitrogens with zero attached hydrogens (tertiary/aromatic N) is 3. The summed E-state index contributed by atoms with van der Waals surface area (Å²) in [7, 11) is 0. The van der Waals surface area contributed by atoms with Gasteiger partial charge in [0.1, 0.15) is 11.2 Å². The highest BCUT2D eigenvalue weighted by molar-refractivity contribution is 6.19. The zero-order chi connectivity index (χ0) is 36.7. The van der Waals surface area contributed by atoms with E-state index in [0.29, 0.717) is 0 Å². The van der Waals surface area contributed by atoms with Gasteiger partial charge in [0.2, 0.25) is 0 Å². The predicted molar refractivity (Wildman–Crippen MR) is 235 cm³/mol. The Balaban J connectivity index is 1.11. The van der Waals surface area contributed by atoms with E-state index >= 15 is 0 Å². The standard InChI is InChI=1S/C52H33N3O/c1-2-14-35(15-3-1)54-46-21-10-7-19-44(46)51-47(22-12-23-48(51)54)53(38-30-32-42-41-18-8-11-24-49(41)56-50(42)33-38)36-26-28-37(29-27-36)55-45-20-9-6-17-40(45)43-31-25-34-13-4-5-16-39(34)52(43)55/h1-33H. The average molecular weight is 716 g/mol. The maximum atomic E-state index is 6.49. The van der Waals surface area contributed by atoms with Crippen LogP contribution in [0.2, 0.25) is 0 Å². The molecule has 12 aromatic rings. The van der Waals surface area contributed by atoms with Gasteiger partial charge < -0.3 is 18.5 Å². The van der Waals surface area contributed by atoms with Crippen molar-refractivity contribution >= 4 is 93.4 Å². The molecule has 56 heavy (non-hydrogen) atoms. The summed E-state index contributed by atoms with van der Waals surface area (Å²) in [5, 5.41) is 9.60. The van der Waals surface area contributed by atoms with Crippen LogP contribution < -0.4 is 4.90 Å². The van der Waals surface area contributed by atoms with Gasteiger partial charge in [0.25, 0.3) is 0 Å². The molecule has 262 valence electrons. The Morgan fingerprint density at radius 1 is 0.357 bits per heavy atom. The topological polar surface area (TPSA) is 26.2 Å². The quantitative estimate of drug-likeness (QED) is 0.177. The van der Waals surface area contributed by atoms with E-state index < -0.39 is 0 Å². The number of benzene rings is 9. The number of hydrogen-bond donors (Lipinski definition) is 0. The molecule has 0 aliphatic rings. The third-order valence-electron chi connectivity index (χ3n) is 11.5. The van der Waals surface area contributed by atoms with E-state index in [0.717, 1.165) is 55.9 Å². The van der Waals surface area contributed by atoms with Crippen molar-refractivity contribution in [2.24, 2.45) is 0 Å². The summed E-state index contributed by atoms with van der Waals surface area (Å²) in [6.07, 6.45) is 0. The third kappa shape index (κ3) is 4.47. The zero-order valence-corrected chi connectivity index (χ0v) is 30.3. The minimum absolute atomic E-state index is 0.862. The number of hydrogen-bond acceptors (Lipinski definition) is 2. The third-order valence-corrected chi connectivity index (χ3v) is 11.5. The lowest BCUT2D eigenvalue weighted by molar-refractivity contribution is 0.669. The minimum atomic E-state index is 0.862. The molecule has 0 atom stereocenters. The second-order valence-electron chi connectivity index (χ2n) is 14.5. The molecule has 0 amide bonds. The first kappa shape index (κ1) is 30.9. The SMILES string of the molecule is c1ccc(-n2c3ccccc3c3c(N(c4ccc(-n5c6ccccc6c6ccc7ccccc7c65)cc4)c4ccc5c(c4)oc4ccccc45)cccc32)cc1. The van der Waals surface area contributed by atoms with Crippen molar-refractivity contribution in [3.05, 3.63) is 200 Å². The molecule has 0 unspecified atom stereocenters. The predicted octanol–water partition coefficient (Wildman–Crippen LogP) is 14.4. The van der Waals surface area contributed by atoms with Gasteiger partial charge in [-0.05, 0) is 84.2 Å². The van der Waals surface area contributed by atoms with Gasteiger partial charge in [-0.25, -0.2) is 0 Å². The van der Waals surface area contributed by atoms with Crippen molar-refractivity contribution in [1.29, 1.82) is 0 Å². The molecule has 3 heterocycles. The van der Waals surface area contributed by atoms with Crippen LogP contribution in [0.5, 0.6) is 0 Å². The summed E-state index contributed by atoms with van der Waals surface area (Å²) < 4.78 is 11.3. The summed E-state index contributed by atoms with van der Waals surface area (Å²) in [5.41, 5.74) is 11.9. The summed E-state index contributed by atoms with van der Waals surface area (Å²) >= 11 is 0. The molecule has 0 radical (unpaired) electrons. The van der Waals surface area contributed by atoms with E-state index in [-0.39, 0.29) is 0 Å². The number of aromatic nitrogens is 2. The first-order valence-electron chi connectivity index (χ1n) is 19.1. The number of fused-ring (bicyclic) bond motifs is 11. The Hall–Kier alpha value is -7.56. The molecule has 0 fully saturated rings. The fourth-order valence-corrected chi connectivity index (χ4v) is 9.07. The van der Waals surface area contributed by atoms with Crippen LogP contribution in [-0.4, -0.2) is 9.13 Å². The van der Waals surface area contributed by atoms with Crippen LogP contribution in [0.3, 0.4) is 0 Å². The van der Waals surface area contributed by atoms with Gasteiger partial charge in [0.05, 0.1) is 27.8 Å². The number of rotatable bonds is 5. The second kappa shape index (κ2) is 12.0. The van der Waals surface area contributed by atoms with Crippen molar-refractivity contribution in [2.45, 2.75) is 0 Å². The molecule has 4 nitrogen and oxygen atoms in total. The molecule has 0 saturated carbocycles. The van der Waals surface area contributed by atoms with Crippen LogP contribution >= 0.6 is 0 Å². The van der Waals surface area contributed by atoms with Crippen LogP contribution in [0.1, 0.15) is 0 Å². The lowest BCUT2D eigenvalue weighted by atomic mass is 10.1. The molecule has 0 saturated heterocycles. The summed E-state index contributed by atoms with van der Waals surface area (Å²) in [5.74, 6) is 0. The molecule has 0 spiro atoms. The molecular formula is C52H33N3O. The van der Waals surface area contributed by atoms with Gasteiger partial charge in [-0.15, -0.1) is 0 Å². The van der Waals surface area contributed by atoms with E-state index in [1.165, 1.54) is 48.9 Å². The minimum Gasteiger partial charge on any atom is -0.456 e. The van der Waals surface area contributed by atoms with Crippen LogP contribution in [0, 0.1) is 0 Å². The highest BCUT2D eigenvalue weighted by atomic mass is 16.3. The molecule has 0 aliphatic heterocycles. The van der Waals surface area contributed by atoms with E-state index in [1.54, 1.807) is 0 Å². The molecule has 0 N–H and O–H groups in total. The average Bonchev–Trinajstić information content (AvgIpc) is 3.92. The van der Waals surface area contributed by atoms with Gasteiger partial charge in [-0.2, -0.15) is 0 Å². The largest absolute Gasteiger partial charge is 0.456 e. The Kier molecular flexibility index (Phi) is 6.60. The fraction of sp³-hybridized carbons (Fsp3) is 0. The molecule has 0 aliphatic carbocycles. The van der Waals surface area contributed by atoms with Gasteiger partial charge >= 0.3 is 0 Å². The fourth-order valence-electron chi connectivity index (χ4n) is 9.07. The van der Waals surface area contributed by atoms with Crippen molar-refractivity contribution in [3.8, 4) is 11.4 Å². The number of para-hydroxylation sites is 4. The smallest absolute Gasteiger partial charge is 0.137 e. The van der Waals surface area contributed by atoms with Crippen molar-refractivity contribution in [2.75, 3.05) is 4.90 Å². The van der Waals surface area contributed by atoms with Crippen molar-refractivity contribution < 1.29 is 4.42 Å². The second-order valence-corrected chi connectivity index (χ2v) is 14.5. The molecule has 0 bridgehead atoms. The molecular weight excluding hydrogens is 683 g/mol. The highest BCUT2D eigenvalue weighted by Crippen LogP contribution is 2.45. The Morgan fingerprint density at radius 3 is 1.80 bits per heavy atom. The summed E-state index contributed by atoms with van der Waals surface area (Å²) in [6, 6.07) is 72.0. The lowest BCUT2D eigenvalue weighted by Crippen LogP contribution is -2.10. The van der Waals surface area contributed by atoms with Crippen molar-refractivity contribution in [1.82, 2.24) is 9.13 Å². The maximum absolute atomic E-state index is 6.49. The van der Waals surface area contributed by atoms with Crippen LogP contribution in [0.15, 0.2) is 205 Å². The Bertz CT molecular complexity index is 3480. The first-order valence-corrected chi connectivity index (χ1v) is 19.1. The number of anilines is 3. The normalized spacial score (nSPS) is 11.9. The van der Waals surface area contributed by atoms with Gasteiger partial charge in [0.15, 0.2) is 0 Å². The van der Waals surface area contributed by atoms with E-state index in [4.69, 9.17) is 4.42 Å². The molecule has 3 aromatic heterocycles. The zero-order valence-electron chi connectivity index (χ0n) is 30.3. The summed E-state index contributed by atoms with van der Waals surface area (Å²) in [6.45, 7) is 0. The lowest BCUT2D eigenvalue weighted by Gasteiger charge is -2.27. The first-order chi connectivity index (χ1) is 27.8. The van der Waals surface area contributed by atoms with Gasteiger partial charge in [-0.3, -0.25) is 0 Å². The summed E-state index contributed by atoms with van der Waals surface area (Å²) in [4.78, 5) is 2.39. The number of furan rings is 1. The molecule has 9 aromatic carbocycles. The van der Waals surface area contributed by atoms with Crippen LogP contribution in [0.4, 0.5) is 17.1 Å². The molecule has 12 rings (SSSR count). The van der Waals surface area contributed by atoms with Crippen LogP contribution in [-0.2, 0) is 0 Å². The van der Waals surface area contributed by atoms with E-state index in [1.807, 2.05) is 12.1 Å². The van der Waals surface area contributed by atoms with Crippen molar-refractivity contribution in [3.63, 3.8) is 0 Å². The maximum Gasteiger partial charge on any atom is 0.137 e. The monoisotopic (exact) mass is 715 g/mol. The highest BCUT2D eigenvalue weighted by Gasteiger charge is 2.23. The van der Waals surface area contributed by atoms with E-state index in [2.05, 4.69) is 202 Å². The van der Waals surface area contributed by atoms with Gasteiger partial charge in [0, 0.05) is 66.5 Å². The van der Waals surface area contributed by atoms with E-state index in [9.17, 15) is 0 Å². The van der Waals surface area contributed by atoms with Crippen LogP contribution in [0.25, 0.3) is 87.7 Å². The van der Waals surface area contributed by atoms with Gasteiger partial charge in [-0.1, -0.05) is 115 Å².